The lowest BCUT2D eigenvalue weighted by atomic mass is 10.1. The van der Waals surface area contributed by atoms with Gasteiger partial charge < -0.3 is 45.3 Å². The summed E-state index contributed by atoms with van der Waals surface area (Å²) in [5.41, 5.74) is 4.54. The highest BCUT2D eigenvalue weighted by atomic mass is 16.6. The number of aliphatic hydroxyl groups is 3. The molecule has 196 valence electrons. The monoisotopic (exact) mass is 508 g/mol. The minimum Gasteiger partial charge on any atom is -0.493 e. The summed E-state index contributed by atoms with van der Waals surface area (Å²) in [7, 11) is 3.05. The molecule has 8 N–H and O–H groups in total. The normalized spacial score (nSPS) is 22.6. The molecule has 36 heavy (non-hydrogen) atoms. The first kappa shape index (κ1) is 25.5. The first-order valence-electron chi connectivity index (χ1n) is 11.0. The van der Waals surface area contributed by atoms with Gasteiger partial charge in [0.2, 0.25) is 5.95 Å². The molecule has 3 aromatic rings. The van der Waals surface area contributed by atoms with Crippen molar-refractivity contribution >= 4 is 22.8 Å². The number of aromatic nitrogens is 4. The van der Waals surface area contributed by atoms with Crippen LogP contribution in [0.1, 0.15) is 6.23 Å². The van der Waals surface area contributed by atoms with Crippen LogP contribution in [0.15, 0.2) is 27.8 Å². The van der Waals surface area contributed by atoms with Crippen LogP contribution in [0.5, 0.6) is 11.5 Å². The standard InChI is InChI=1S/C21H28N6O9/c1-33-11-4-3-9(5-12(11)34-2)23-6-10(28)7-35-8-13-15(29)16(30)19(36-13)27-17-14(24-21(27)32)18(31)26-20(22)25-17/h3-5,10,13,15-16,19,23,28-30H,6-8H2,1-2H3,(H,24,32)(H3,22,25,26,31)/t10?,13-,15-,16-,19-/m1/s1. The quantitative estimate of drug-likeness (QED) is 0.160. The number of nitrogen functional groups attached to an aromatic ring is 1. The van der Waals surface area contributed by atoms with Gasteiger partial charge in [0.15, 0.2) is 28.9 Å². The number of nitrogens with zero attached hydrogens (tertiary/aromatic N) is 2. The molecule has 1 aliphatic heterocycles. The van der Waals surface area contributed by atoms with Crippen molar-refractivity contribution in [2.75, 3.05) is 45.0 Å². The van der Waals surface area contributed by atoms with Crippen LogP contribution < -0.4 is 31.8 Å². The Kier molecular flexibility index (Phi) is 7.46. The fourth-order valence-electron chi connectivity index (χ4n) is 3.91. The summed E-state index contributed by atoms with van der Waals surface area (Å²) in [4.78, 5) is 33.0. The second-order valence-corrected chi connectivity index (χ2v) is 8.14. The fraction of sp³-hybridized carbons (Fsp3) is 0.476. The lowest BCUT2D eigenvalue weighted by Gasteiger charge is -2.18. The Balaban J connectivity index is 1.33. The molecule has 1 aromatic carbocycles. The molecule has 0 bridgehead atoms. The molecule has 1 unspecified atom stereocenters. The third-order valence-electron chi connectivity index (χ3n) is 5.71. The number of anilines is 2. The minimum absolute atomic E-state index is 0.103. The predicted molar refractivity (Wildman–Crippen MR) is 126 cm³/mol. The Labute approximate surface area is 203 Å². The molecule has 0 spiro atoms. The van der Waals surface area contributed by atoms with E-state index in [4.69, 9.17) is 24.7 Å². The first-order chi connectivity index (χ1) is 17.2. The molecule has 0 amide bonds. The number of imidazole rings is 1. The number of hydrogen-bond donors (Lipinski definition) is 7. The Hall–Kier alpha value is -3.63. The molecule has 0 aliphatic carbocycles. The second kappa shape index (κ2) is 10.5. The second-order valence-electron chi connectivity index (χ2n) is 8.14. The molecule has 2 aromatic heterocycles. The van der Waals surface area contributed by atoms with Gasteiger partial charge in [0, 0.05) is 18.3 Å². The molecule has 1 fully saturated rings. The summed E-state index contributed by atoms with van der Waals surface area (Å²) in [6.07, 6.45) is -6.21. The summed E-state index contributed by atoms with van der Waals surface area (Å²) >= 11 is 0. The number of H-pyrrole nitrogens is 2. The zero-order valence-corrected chi connectivity index (χ0v) is 19.5. The van der Waals surface area contributed by atoms with Crippen molar-refractivity contribution in [2.24, 2.45) is 0 Å². The van der Waals surface area contributed by atoms with Gasteiger partial charge in [-0.15, -0.1) is 0 Å². The van der Waals surface area contributed by atoms with Crippen molar-refractivity contribution in [3.63, 3.8) is 0 Å². The number of rotatable bonds is 10. The largest absolute Gasteiger partial charge is 0.493 e. The third kappa shape index (κ3) is 5.00. The van der Waals surface area contributed by atoms with Crippen LogP contribution in [-0.4, -0.2) is 93.2 Å². The van der Waals surface area contributed by atoms with Crippen molar-refractivity contribution in [1.29, 1.82) is 0 Å². The maximum atomic E-state index is 12.4. The van der Waals surface area contributed by atoms with Gasteiger partial charge in [-0.05, 0) is 12.1 Å². The maximum absolute atomic E-state index is 12.4. The smallest absolute Gasteiger partial charge is 0.330 e. The molecular formula is C21H28N6O9. The van der Waals surface area contributed by atoms with Gasteiger partial charge in [-0.1, -0.05) is 0 Å². The zero-order valence-electron chi connectivity index (χ0n) is 19.5. The van der Waals surface area contributed by atoms with Gasteiger partial charge in [-0.3, -0.25) is 14.8 Å². The average molecular weight is 508 g/mol. The molecule has 0 saturated carbocycles. The number of aliphatic hydroxyl groups excluding tert-OH is 3. The van der Waals surface area contributed by atoms with Gasteiger partial charge in [-0.2, -0.15) is 4.98 Å². The van der Waals surface area contributed by atoms with Crippen LogP contribution in [0.3, 0.4) is 0 Å². The Morgan fingerprint density at radius 1 is 1.19 bits per heavy atom. The van der Waals surface area contributed by atoms with Crippen molar-refractivity contribution in [3.05, 3.63) is 39.0 Å². The predicted octanol–water partition coefficient (Wildman–Crippen LogP) is -1.88. The molecule has 1 saturated heterocycles. The SMILES string of the molecule is COc1ccc(NCC(O)COC[C@H]2O[C@@H](n3c(=O)[nH]c4c(=O)[nH]c(N)nc43)[C@H](O)[C@@H]2O)cc1OC. The van der Waals surface area contributed by atoms with E-state index in [1.165, 1.54) is 14.2 Å². The van der Waals surface area contributed by atoms with Crippen molar-refractivity contribution in [3.8, 4) is 11.5 Å². The Morgan fingerprint density at radius 3 is 2.67 bits per heavy atom. The summed E-state index contributed by atoms with van der Waals surface area (Å²) in [6.45, 7) is -0.134. The summed E-state index contributed by atoms with van der Waals surface area (Å²) in [5.74, 6) is 0.873. The Morgan fingerprint density at radius 2 is 1.94 bits per heavy atom. The van der Waals surface area contributed by atoms with E-state index >= 15 is 0 Å². The van der Waals surface area contributed by atoms with Crippen LogP contribution in [-0.2, 0) is 9.47 Å². The number of benzene rings is 1. The number of ether oxygens (including phenoxy) is 4. The number of nitrogens with two attached hydrogens (primary N) is 1. The summed E-state index contributed by atoms with van der Waals surface area (Å²) in [6, 6.07) is 5.21. The number of nitrogens with one attached hydrogen (secondary N) is 3. The van der Waals surface area contributed by atoms with Gasteiger partial charge in [-0.25, -0.2) is 9.36 Å². The van der Waals surface area contributed by atoms with Gasteiger partial charge in [0.1, 0.15) is 18.3 Å². The van der Waals surface area contributed by atoms with Crippen LogP contribution in [0, 0.1) is 0 Å². The van der Waals surface area contributed by atoms with Gasteiger partial charge >= 0.3 is 5.69 Å². The molecule has 0 radical (unpaired) electrons. The van der Waals surface area contributed by atoms with E-state index in [2.05, 4.69) is 20.3 Å². The van der Waals surface area contributed by atoms with Crippen LogP contribution in [0.2, 0.25) is 0 Å². The average Bonchev–Trinajstić information content (AvgIpc) is 3.32. The lowest BCUT2D eigenvalue weighted by molar-refractivity contribution is -0.0754. The van der Waals surface area contributed by atoms with E-state index in [0.717, 1.165) is 4.57 Å². The van der Waals surface area contributed by atoms with Gasteiger partial charge in [0.05, 0.1) is 33.5 Å². The maximum Gasteiger partial charge on any atom is 0.330 e. The number of hydrogen-bond acceptors (Lipinski definition) is 12. The highest BCUT2D eigenvalue weighted by molar-refractivity contribution is 5.70. The molecular weight excluding hydrogens is 480 g/mol. The topological polar surface area (TPSA) is 219 Å². The molecule has 5 atom stereocenters. The van der Waals surface area contributed by atoms with Crippen molar-refractivity contribution < 1.29 is 34.3 Å². The van der Waals surface area contributed by atoms with Crippen LogP contribution in [0.25, 0.3) is 11.2 Å². The molecule has 4 rings (SSSR count). The minimum atomic E-state index is -1.52. The highest BCUT2D eigenvalue weighted by Gasteiger charge is 2.45. The molecule has 3 heterocycles. The van der Waals surface area contributed by atoms with Crippen molar-refractivity contribution in [1.82, 2.24) is 19.5 Å². The first-order valence-corrected chi connectivity index (χ1v) is 11.0. The Bertz CT molecular complexity index is 1320. The van der Waals surface area contributed by atoms with Crippen molar-refractivity contribution in [2.45, 2.75) is 30.6 Å². The lowest BCUT2D eigenvalue weighted by Crippen LogP contribution is -2.36. The van der Waals surface area contributed by atoms with E-state index in [9.17, 15) is 24.9 Å². The van der Waals surface area contributed by atoms with Crippen LogP contribution in [0.4, 0.5) is 11.6 Å². The summed E-state index contributed by atoms with van der Waals surface area (Å²) < 4.78 is 22.5. The molecule has 15 heteroatoms. The van der Waals surface area contributed by atoms with Gasteiger partial charge in [0.25, 0.3) is 5.56 Å². The number of aromatic amines is 2. The third-order valence-corrected chi connectivity index (χ3v) is 5.71. The number of methoxy groups -OCH3 is 2. The van der Waals surface area contributed by atoms with E-state index in [1.54, 1.807) is 18.2 Å². The summed E-state index contributed by atoms with van der Waals surface area (Å²) in [5, 5.41) is 34.2. The molecule has 1 aliphatic rings. The molecule has 15 nitrogen and oxygen atoms in total. The van der Waals surface area contributed by atoms with E-state index in [-0.39, 0.29) is 36.9 Å². The fourth-order valence-corrected chi connectivity index (χ4v) is 3.91. The number of fused-ring (bicyclic) bond motifs is 1. The highest BCUT2D eigenvalue weighted by Crippen LogP contribution is 2.31. The van der Waals surface area contributed by atoms with E-state index in [1.807, 2.05) is 0 Å². The van der Waals surface area contributed by atoms with Crippen LogP contribution >= 0.6 is 0 Å². The van der Waals surface area contributed by atoms with E-state index < -0.39 is 41.9 Å². The van der Waals surface area contributed by atoms with E-state index in [0.29, 0.717) is 17.2 Å². The zero-order chi connectivity index (χ0) is 26.0.